The summed E-state index contributed by atoms with van der Waals surface area (Å²) in [6.07, 6.45) is 4.80. The molecule has 0 spiro atoms. The summed E-state index contributed by atoms with van der Waals surface area (Å²) in [5, 5.41) is 9.12. The molecule has 0 aliphatic carbocycles. The second kappa shape index (κ2) is 4.87. The first-order chi connectivity index (χ1) is 6.27. The highest BCUT2D eigenvalue weighted by Crippen LogP contribution is 2.12. The number of aliphatic imine (C=N–C) groups is 1. The second-order valence-electron chi connectivity index (χ2n) is 2.72. The van der Waals surface area contributed by atoms with Crippen molar-refractivity contribution < 1.29 is 4.79 Å². The lowest BCUT2D eigenvalue weighted by molar-refractivity contribution is -0.120. The second-order valence-corrected chi connectivity index (χ2v) is 3.50. The van der Waals surface area contributed by atoms with Crippen LogP contribution < -0.4 is 0 Å². The highest BCUT2D eigenvalue weighted by Gasteiger charge is 2.18. The molecular weight excluding hydrogens is 186 g/mol. The zero-order valence-electron chi connectivity index (χ0n) is 7.49. The Morgan fingerprint density at radius 3 is 2.69 bits per heavy atom. The minimum atomic E-state index is 0.300. The average molecular weight is 197 g/mol. The third kappa shape index (κ3) is 2.74. The van der Waals surface area contributed by atoms with Crippen molar-refractivity contribution in [3.8, 4) is 6.19 Å². The van der Waals surface area contributed by atoms with E-state index < -0.39 is 0 Å². The lowest BCUT2D eigenvalue weighted by Crippen LogP contribution is -2.37. The van der Waals surface area contributed by atoms with Crippen molar-refractivity contribution in [2.24, 2.45) is 4.99 Å². The number of ketones is 1. The molecule has 1 rings (SSSR count). The number of carbonyl (C=O) groups is 1. The topological polar surface area (TPSA) is 56.5 Å². The minimum Gasteiger partial charge on any atom is -0.350 e. The molecule has 13 heavy (non-hydrogen) atoms. The molecule has 70 valence electrons. The van der Waals surface area contributed by atoms with Crippen LogP contribution in [0.2, 0.25) is 0 Å². The van der Waals surface area contributed by atoms with E-state index in [1.54, 1.807) is 6.19 Å². The maximum Gasteiger partial charge on any atom is 0.208 e. The summed E-state index contributed by atoms with van der Waals surface area (Å²) in [6, 6.07) is 0. The van der Waals surface area contributed by atoms with Crippen molar-refractivity contribution >= 4 is 22.7 Å². The molecule has 1 aliphatic rings. The van der Waals surface area contributed by atoms with Gasteiger partial charge in [-0.1, -0.05) is 11.8 Å². The Hall–Kier alpha value is -1.02. The van der Waals surface area contributed by atoms with E-state index in [4.69, 9.17) is 5.26 Å². The SMILES string of the molecule is CSC(=NC#N)N1CCC(=O)CC1. The summed E-state index contributed by atoms with van der Waals surface area (Å²) >= 11 is 1.44. The number of Topliss-reactive ketones (excluding diaryl/α,β-unsaturated/α-hetero) is 1. The largest absolute Gasteiger partial charge is 0.350 e. The van der Waals surface area contributed by atoms with Gasteiger partial charge in [-0.2, -0.15) is 5.26 Å². The molecule has 0 atom stereocenters. The van der Waals surface area contributed by atoms with Gasteiger partial charge < -0.3 is 4.90 Å². The van der Waals surface area contributed by atoms with Crippen molar-refractivity contribution in [1.82, 2.24) is 4.90 Å². The van der Waals surface area contributed by atoms with E-state index >= 15 is 0 Å². The number of amidine groups is 1. The quantitative estimate of drug-likeness (QED) is 0.328. The van der Waals surface area contributed by atoms with E-state index in [2.05, 4.69) is 4.99 Å². The van der Waals surface area contributed by atoms with Gasteiger partial charge in [0.25, 0.3) is 0 Å². The van der Waals surface area contributed by atoms with E-state index in [0.717, 1.165) is 5.17 Å². The van der Waals surface area contributed by atoms with Gasteiger partial charge >= 0.3 is 0 Å². The first-order valence-corrected chi connectivity index (χ1v) is 5.28. The molecule has 1 aliphatic heterocycles. The number of likely N-dealkylation sites (tertiary alicyclic amines) is 1. The van der Waals surface area contributed by atoms with Crippen LogP contribution in [0.5, 0.6) is 0 Å². The van der Waals surface area contributed by atoms with Gasteiger partial charge in [-0.05, 0) is 6.26 Å². The minimum absolute atomic E-state index is 0.300. The van der Waals surface area contributed by atoms with Crippen LogP contribution in [-0.4, -0.2) is 35.2 Å². The highest BCUT2D eigenvalue weighted by molar-refractivity contribution is 8.13. The molecule has 0 aromatic heterocycles. The van der Waals surface area contributed by atoms with Gasteiger partial charge in [-0.3, -0.25) is 4.79 Å². The fourth-order valence-electron chi connectivity index (χ4n) is 1.24. The fourth-order valence-corrected chi connectivity index (χ4v) is 1.81. The van der Waals surface area contributed by atoms with Crippen molar-refractivity contribution in [3.05, 3.63) is 0 Å². The molecule has 0 amide bonds. The number of hydrogen-bond acceptors (Lipinski definition) is 4. The highest BCUT2D eigenvalue weighted by atomic mass is 32.2. The van der Waals surface area contributed by atoms with Crippen LogP contribution in [0.1, 0.15) is 12.8 Å². The molecule has 1 heterocycles. The molecule has 0 aromatic rings. The number of nitrogens with zero attached hydrogens (tertiary/aromatic N) is 3. The number of rotatable bonds is 0. The van der Waals surface area contributed by atoms with Crippen molar-refractivity contribution in [2.45, 2.75) is 12.8 Å². The summed E-state index contributed by atoms with van der Waals surface area (Å²) < 4.78 is 0. The molecule has 0 saturated carbocycles. The van der Waals surface area contributed by atoms with E-state index in [0.29, 0.717) is 31.7 Å². The first-order valence-electron chi connectivity index (χ1n) is 4.05. The predicted molar refractivity (Wildman–Crippen MR) is 52.4 cm³/mol. The van der Waals surface area contributed by atoms with Crippen molar-refractivity contribution in [3.63, 3.8) is 0 Å². The third-order valence-electron chi connectivity index (χ3n) is 1.92. The van der Waals surface area contributed by atoms with Crippen molar-refractivity contribution in [2.75, 3.05) is 19.3 Å². The monoisotopic (exact) mass is 197 g/mol. The summed E-state index contributed by atoms with van der Waals surface area (Å²) in [4.78, 5) is 16.6. The molecule has 0 radical (unpaired) electrons. The van der Waals surface area contributed by atoms with Gasteiger partial charge in [0, 0.05) is 25.9 Å². The van der Waals surface area contributed by atoms with Gasteiger partial charge in [0.1, 0.15) is 5.78 Å². The molecule has 1 saturated heterocycles. The summed E-state index contributed by atoms with van der Waals surface area (Å²) in [5.41, 5.74) is 0. The van der Waals surface area contributed by atoms with E-state index in [1.165, 1.54) is 11.8 Å². The average Bonchev–Trinajstić information content (AvgIpc) is 2.16. The van der Waals surface area contributed by atoms with Crippen molar-refractivity contribution in [1.29, 1.82) is 5.26 Å². The molecule has 0 unspecified atom stereocenters. The summed E-state index contributed by atoms with van der Waals surface area (Å²) in [5.74, 6) is 0.300. The van der Waals surface area contributed by atoms with Crippen LogP contribution >= 0.6 is 11.8 Å². The van der Waals surface area contributed by atoms with Gasteiger partial charge in [-0.25, -0.2) is 0 Å². The Labute approximate surface area is 81.6 Å². The number of carbonyl (C=O) groups excluding carboxylic acids is 1. The number of nitriles is 1. The zero-order chi connectivity index (χ0) is 9.68. The summed E-state index contributed by atoms with van der Waals surface area (Å²) in [7, 11) is 0. The molecule has 5 heteroatoms. The Balaban J connectivity index is 2.57. The van der Waals surface area contributed by atoms with Gasteiger partial charge in [0.15, 0.2) is 5.17 Å². The Bertz CT molecular complexity index is 259. The first kappa shape index (κ1) is 10.1. The van der Waals surface area contributed by atoms with Gasteiger partial charge in [-0.15, -0.1) is 4.99 Å². The Kier molecular flexibility index (Phi) is 3.77. The maximum atomic E-state index is 10.9. The van der Waals surface area contributed by atoms with Crippen LogP contribution in [0.15, 0.2) is 4.99 Å². The lowest BCUT2D eigenvalue weighted by Gasteiger charge is -2.27. The summed E-state index contributed by atoms with van der Waals surface area (Å²) in [6.45, 7) is 1.39. The van der Waals surface area contributed by atoms with E-state index in [9.17, 15) is 4.79 Å². The van der Waals surface area contributed by atoms with Crippen LogP contribution in [0.3, 0.4) is 0 Å². The number of piperidine rings is 1. The Morgan fingerprint density at radius 2 is 2.23 bits per heavy atom. The number of hydrogen-bond donors (Lipinski definition) is 0. The molecule has 0 N–H and O–H groups in total. The van der Waals surface area contributed by atoms with Gasteiger partial charge in [0.05, 0.1) is 0 Å². The normalized spacial score (nSPS) is 18.6. The van der Waals surface area contributed by atoms with E-state index in [-0.39, 0.29) is 0 Å². The van der Waals surface area contributed by atoms with Crippen LogP contribution in [0.4, 0.5) is 0 Å². The molecular formula is C8H11N3OS. The molecule has 4 nitrogen and oxygen atoms in total. The standard InChI is InChI=1S/C8H11N3OS/c1-13-8(10-6-9)11-4-2-7(12)3-5-11/h2-5H2,1H3. The van der Waals surface area contributed by atoms with Crippen LogP contribution in [0, 0.1) is 11.5 Å². The Morgan fingerprint density at radius 1 is 1.62 bits per heavy atom. The maximum absolute atomic E-state index is 10.9. The lowest BCUT2D eigenvalue weighted by atomic mass is 10.1. The third-order valence-corrected chi connectivity index (χ3v) is 2.63. The smallest absolute Gasteiger partial charge is 0.208 e. The van der Waals surface area contributed by atoms with Gasteiger partial charge in [0.2, 0.25) is 6.19 Å². The van der Waals surface area contributed by atoms with E-state index in [1.807, 2.05) is 11.2 Å². The van der Waals surface area contributed by atoms with Crippen LogP contribution in [0.25, 0.3) is 0 Å². The number of thioether (sulfide) groups is 1. The fraction of sp³-hybridized carbons (Fsp3) is 0.625. The molecule has 0 bridgehead atoms. The molecule has 0 aromatic carbocycles. The van der Waals surface area contributed by atoms with Crippen LogP contribution in [-0.2, 0) is 4.79 Å². The zero-order valence-corrected chi connectivity index (χ0v) is 8.30. The predicted octanol–water partition coefficient (Wildman–Crippen LogP) is 0.851. The molecule has 1 fully saturated rings.